The summed E-state index contributed by atoms with van der Waals surface area (Å²) in [4.78, 5) is 14.5. The molecule has 0 aliphatic heterocycles. The molecule has 4 heteroatoms. The van der Waals surface area contributed by atoms with Crippen LogP contribution in [-0.2, 0) is 6.42 Å². The maximum atomic E-state index is 10.5. The van der Waals surface area contributed by atoms with E-state index in [2.05, 4.69) is 10.2 Å². The van der Waals surface area contributed by atoms with Crippen molar-refractivity contribution < 1.29 is 0 Å². The number of rotatable bonds is 1. The maximum absolute atomic E-state index is 10.5. The van der Waals surface area contributed by atoms with Gasteiger partial charge in [0, 0.05) is 6.20 Å². The largest absolute Gasteiger partial charge is 0.244 e. The zero-order chi connectivity index (χ0) is 9.26. The predicted octanol–water partition coefficient (Wildman–Crippen LogP) is 2.88. The van der Waals surface area contributed by atoms with Crippen LogP contribution in [0.25, 0.3) is 0 Å². The van der Waals surface area contributed by atoms with Crippen molar-refractivity contribution in [2.45, 2.75) is 25.3 Å². The standard InChI is InChI=1S/C9H9ClN2O/c10-9-4-7-6(5-11-9)2-1-3-8(7)12-13/h4-5,8H,1-3H2. The topological polar surface area (TPSA) is 42.3 Å². The van der Waals surface area contributed by atoms with Crippen molar-refractivity contribution in [1.29, 1.82) is 0 Å². The highest BCUT2D eigenvalue weighted by molar-refractivity contribution is 6.29. The summed E-state index contributed by atoms with van der Waals surface area (Å²) in [7, 11) is 0. The van der Waals surface area contributed by atoms with E-state index in [4.69, 9.17) is 11.6 Å². The van der Waals surface area contributed by atoms with Gasteiger partial charge in [0.2, 0.25) is 0 Å². The van der Waals surface area contributed by atoms with Gasteiger partial charge >= 0.3 is 0 Å². The highest BCUT2D eigenvalue weighted by atomic mass is 35.5. The van der Waals surface area contributed by atoms with Crippen LogP contribution < -0.4 is 0 Å². The van der Waals surface area contributed by atoms with E-state index in [9.17, 15) is 4.91 Å². The molecule has 1 unspecified atom stereocenters. The van der Waals surface area contributed by atoms with E-state index in [1.165, 1.54) is 0 Å². The third-order valence-corrected chi connectivity index (χ3v) is 2.61. The molecule has 0 amide bonds. The second-order valence-corrected chi connectivity index (χ2v) is 3.61. The first-order chi connectivity index (χ1) is 6.31. The molecule has 0 N–H and O–H groups in total. The first-order valence-electron chi connectivity index (χ1n) is 4.28. The van der Waals surface area contributed by atoms with E-state index in [1.807, 2.05) is 0 Å². The summed E-state index contributed by atoms with van der Waals surface area (Å²) in [6.07, 6.45) is 4.56. The zero-order valence-electron chi connectivity index (χ0n) is 7.03. The molecule has 13 heavy (non-hydrogen) atoms. The summed E-state index contributed by atoms with van der Waals surface area (Å²) in [5.74, 6) is 0. The van der Waals surface area contributed by atoms with Crippen LogP contribution in [0.5, 0.6) is 0 Å². The lowest BCUT2D eigenvalue weighted by molar-refractivity contribution is 0.567. The number of hydrogen-bond acceptors (Lipinski definition) is 3. The van der Waals surface area contributed by atoms with Crippen molar-refractivity contribution in [1.82, 2.24) is 4.98 Å². The number of halogens is 1. The minimum Gasteiger partial charge on any atom is -0.244 e. The van der Waals surface area contributed by atoms with Crippen molar-refractivity contribution in [3.63, 3.8) is 0 Å². The molecule has 3 nitrogen and oxygen atoms in total. The highest BCUT2D eigenvalue weighted by Gasteiger charge is 2.21. The molecular weight excluding hydrogens is 188 g/mol. The molecule has 0 saturated heterocycles. The van der Waals surface area contributed by atoms with Crippen LogP contribution in [-0.4, -0.2) is 4.98 Å². The van der Waals surface area contributed by atoms with Gasteiger partial charge in [0.15, 0.2) is 0 Å². The second-order valence-electron chi connectivity index (χ2n) is 3.22. The first-order valence-corrected chi connectivity index (χ1v) is 4.66. The van der Waals surface area contributed by atoms with Gasteiger partial charge < -0.3 is 0 Å². The van der Waals surface area contributed by atoms with Crippen LogP contribution >= 0.6 is 11.6 Å². The van der Waals surface area contributed by atoms with Gasteiger partial charge in [-0.2, -0.15) is 4.91 Å². The smallest absolute Gasteiger partial charge is 0.129 e. The predicted molar refractivity (Wildman–Crippen MR) is 50.7 cm³/mol. The molecule has 1 heterocycles. The number of aryl methyl sites for hydroxylation is 1. The molecule has 0 bridgehead atoms. The van der Waals surface area contributed by atoms with Crippen molar-refractivity contribution >= 4 is 11.6 Å². The summed E-state index contributed by atoms with van der Waals surface area (Å²) in [5, 5.41) is 3.53. The molecule has 0 fully saturated rings. The SMILES string of the molecule is O=NC1CCCc2cnc(Cl)cc21. The minimum absolute atomic E-state index is 0.218. The Balaban J connectivity index is 2.47. The van der Waals surface area contributed by atoms with Gasteiger partial charge in [-0.1, -0.05) is 16.8 Å². The fourth-order valence-electron chi connectivity index (χ4n) is 1.74. The number of fused-ring (bicyclic) bond motifs is 1. The van der Waals surface area contributed by atoms with Crippen LogP contribution in [0.1, 0.15) is 30.0 Å². The van der Waals surface area contributed by atoms with Gasteiger partial charge in [-0.3, -0.25) is 0 Å². The fourth-order valence-corrected chi connectivity index (χ4v) is 1.91. The van der Waals surface area contributed by atoms with Crippen molar-refractivity contribution in [3.05, 3.63) is 33.5 Å². The number of hydrogen-bond donors (Lipinski definition) is 0. The number of nitrogens with zero attached hydrogens (tertiary/aromatic N) is 2. The van der Waals surface area contributed by atoms with Crippen LogP contribution in [0.4, 0.5) is 0 Å². The fraction of sp³-hybridized carbons (Fsp3) is 0.444. The summed E-state index contributed by atoms with van der Waals surface area (Å²) in [6, 6.07) is 1.53. The highest BCUT2D eigenvalue weighted by Crippen LogP contribution is 2.32. The Labute approximate surface area is 81.1 Å². The molecule has 0 radical (unpaired) electrons. The van der Waals surface area contributed by atoms with E-state index in [1.54, 1.807) is 12.3 Å². The number of pyridine rings is 1. The van der Waals surface area contributed by atoms with Gasteiger partial charge in [-0.25, -0.2) is 4.98 Å². The Morgan fingerprint density at radius 3 is 3.23 bits per heavy atom. The Morgan fingerprint density at radius 1 is 1.62 bits per heavy atom. The third kappa shape index (κ3) is 1.56. The van der Waals surface area contributed by atoms with Crippen molar-refractivity contribution in [3.8, 4) is 0 Å². The third-order valence-electron chi connectivity index (χ3n) is 2.40. The first kappa shape index (κ1) is 8.63. The van der Waals surface area contributed by atoms with Crippen molar-refractivity contribution in [2.75, 3.05) is 0 Å². The molecule has 1 atom stereocenters. The Bertz CT molecular complexity index is 340. The van der Waals surface area contributed by atoms with Gasteiger partial charge in [-0.05, 0) is 36.5 Å². The normalized spacial score (nSPS) is 20.8. The van der Waals surface area contributed by atoms with Gasteiger partial charge in [0.25, 0.3) is 0 Å². The van der Waals surface area contributed by atoms with E-state index < -0.39 is 0 Å². The summed E-state index contributed by atoms with van der Waals surface area (Å²) < 4.78 is 0. The van der Waals surface area contributed by atoms with E-state index >= 15 is 0 Å². The van der Waals surface area contributed by atoms with Crippen LogP contribution in [0.15, 0.2) is 17.4 Å². The quantitative estimate of drug-likeness (QED) is 0.512. The molecular formula is C9H9ClN2O. The zero-order valence-corrected chi connectivity index (χ0v) is 7.79. The Hall–Kier alpha value is -0.960. The molecule has 1 aliphatic carbocycles. The molecule has 68 valence electrons. The molecule has 2 rings (SSSR count). The summed E-state index contributed by atoms with van der Waals surface area (Å²) >= 11 is 5.74. The van der Waals surface area contributed by atoms with E-state index in [0.717, 1.165) is 30.4 Å². The average molecular weight is 197 g/mol. The second kappa shape index (κ2) is 3.42. The van der Waals surface area contributed by atoms with Gasteiger partial charge in [-0.15, -0.1) is 0 Å². The van der Waals surface area contributed by atoms with E-state index in [0.29, 0.717) is 5.15 Å². The Kier molecular flexibility index (Phi) is 2.27. The monoisotopic (exact) mass is 196 g/mol. The molecule has 1 aromatic heterocycles. The average Bonchev–Trinajstić information content (AvgIpc) is 2.17. The summed E-state index contributed by atoms with van der Waals surface area (Å²) in [6.45, 7) is 0. The van der Waals surface area contributed by atoms with Crippen LogP contribution in [0.3, 0.4) is 0 Å². The molecule has 0 spiro atoms. The molecule has 0 saturated carbocycles. The number of nitroso groups, excluding NO2 is 1. The molecule has 1 aromatic rings. The molecule has 1 aliphatic rings. The summed E-state index contributed by atoms with van der Waals surface area (Å²) in [5.41, 5.74) is 2.07. The van der Waals surface area contributed by atoms with E-state index in [-0.39, 0.29) is 6.04 Å². The lowest BCUT2D eigenvalue weighted by atomic mass is 9.90. The lowest BCUT2D eigenvalue weighted by Crippen LogP contribution is -2.08. The van der Waals surface area contributed by atoms with Crippen LogP contribution in [0, 0.1) is 4.91 Å². The van der Waals surface area contributed by atoms with Gasteiger partial charge in [0.1, 0.15) is 11.2 Å². The minimum atomic E-state index is -0.218. The van der Waals surface area contributed by atoms with Gasteiger partial charge in [0.05, 0.1) is 0 Å². The lowest BCUT2D eigenvalue weighted by Gasteiger charge is -2.19. The van der Waals surface area contributed by atoms with Crippen molar-refractivity contribution in [2.24, 2.45) is 5.18 Å². The van der Waals surface area contributed by atoms with Crippen LogP contribution in [0.2, 0.25) is 5.15 Å². The maximum Gasteiger partial charge on any atom is 0.129 e. The number of aromatic nitrogens is 1. The Morgan fingerprint density at radius 2 is 2.46 bits per heavy atom. The molecule has 0 aromatic carbocycles.